The molecule has 3 unspecified atom stereocenters. The fourth-order valence-electron chi connectivity index (χ4n) is 6.47. The number of amides is 1. The Balaban J connectivity index is 1.26. The largest absolute Gasteiger partial charge is 0.379 e. The van der Waals surface area contributed by atoms with Gasteiger partial charge < -0.3 is 15.4 Å². The van der Waals surface area contributed by atoms with Crippen molar-refractivity contribution in [1.29, 1.82) is 0 Å². The number of halogens is 1. The number of carbonyl (C=O) groups excluding carboxylic acids is 1. The van der Waals surface area contributed by atoms with Crippen LogP contribution in [0.5, 0.6) is 0 Å². The summed E-state index contributed by atoms with van der Waals surface area (Å²) in [7, 11) is 1.78. The lowest BCUT2D eigenvalue weighted by atomic mass is 9.74. The van der Waals surface area contributed by atoms with Gasteiger partial charge in [0.05, 0.1) is 24.5 Å². The van der Waals surface area contributed by atoms with Gasteiger partial charge in [-0.15, -0.1) is 0 Å². The van der Waals surface area contributed by atoms with E-state index in [4.69, 9.17) is 10.5 Å². The van der Waals surface area contributed by atoms with Crippen molar-refractivity contribution in [1.82, 2.24) is 14.9 Å². The third-order valence-electron chi connectivity index (χ3n) is 7.92. The normalized spacial score (nSPS) is 35.4. The van der Waals surface area contributed by atoms with E-state index in [1.807, 2.05) is 0 Å². The Morgan fingerprint density at radius 3 is 2.40 bits per heavy atom. The zero-order chi connectivity index (χ0) is 20.8. The summed E-state index contributed by atoms with van der Waals surface area (Å²) in [6.45, 7) is 1.59. The molecule has 1 aliphatic carbocycles. The highest BCUT2D eigenvalue weighted by atomic mass is 19.1. The lowest BCUT2D eigenvalue weighted by molar-refractivity contribution is -0.127. The molecule has 4 aliphatic rings. The predicted octanol–water partition coefficient (Wildman–Crippen LogP) is 1.96. The van der Waals surface area contributed by atoms with E-state index in [1.54, 1.807) is 7.11 Å². The lowest BCUT2D eigenvalue weighted by Gasteiger charge is -2.48. The Labute approximate surface area is 177 Å². The van der Waals surface area contributed by atoms with Gasteiger partial charge >= 0.3 is 0 Å². The van der Waals surface area contributed by atoms with Gasteiger partial charge in [-0.25, -0.2) is 14.4 Å². The van der Waals surface area contributed by atoms with E-state index >= 15 is 0 Å². The number of primary amides is 1. The summed E-state index contributed by atoms with van der Waals surface area (Å²) in [6, 6.07) is 0.893. The van der Waals surface area contributed by atoms with Crippen molar-refractivity contribution < 1.29 is 13.9 Å². The number of methoxy groups -OCH3 is 1. The summed E-state index contributed by atoms with van der Waals surface area (Å²) in [4.78, 5) is 25.1. The minimum Gasteiger partial charge on any atom is -0.379 e. The molecule has 0 spiro atoms. The van der Waals surface area contributed by atoms with Crippen LogP contribution in [-0.2, 0) is 9.53 Å². The maximum atomic E-state index is 13.2. The molecule has 4 fully saturated rings. The summed E-state index contributed by atoms with van der Waals surface area (Å²) < 4.78 is 19.1. The molecule has 8 heteroatoms. The molecule has 3 saturated heterocycles. The van der Waals surface area contributed by atoms with Gasteiger partial charge in [-0.05, 0) is 62.7 Å². The Morgan fingerprint density at radius 1 is 1.17 bits per heavy atom. The summed E-state index contributed by atoms with van der Waals surface area (Å²) in [6.07, 6.45) is 10.5. The number of carbonyl (C=O) groups is 1. The summed E-state index contributed by atoms with van der Waals surface area (Å²) >= 11 is 0. The fraction of sp³-hybridized carbons (Fsp3) is 0.773. The summed E-state index contributed by atoms with van der Waals surface area (Å²) in [5, 5.41) is 0. The molecule has 7 nitrogen and oxygen atoms in total. The number of nitrogens with zero attached hydrogens (tertiary/aromatic N) is 4. The zero-order valence-corrected chi connectivity index (χ0v) is 17.6. The average Bonchev–Trinajstić information content (AvgIpc) is 3.54. The standard InChI is InChI=1S/C22H32FN5O2/c1-30-19-12-27(22-25-10-15(23)11-26-22)7-6-18(19)14-8-16-4-5-17(9-14)28(16)20(21(24)29)13-2-3-13/h10-11,13-14,16-20H,2-9,12H2,1H3,(H2,24,29)/t14?,16?,17?,18-,19-,20?/m1/s1. The quantitative estimate of drug-likeness (QED) is 0.762. The Hall–Kier alpha value is -1.80. The molecule has 5 atom stereocenters. The molecular formula is C22H32FN5O2. The van der Waals surface area contributed by atoms with Gasteiger partial charge in [0.2, 0.25) is 11.9 Å². The Morgan fingerprint density at radius 2 is 1.83 bits per heavy atom. The predicted molar refractivity (Wildman–Crippen MR) is 110 cm³/mol. The van der Waals surface area contributed by atoms with Crippen LogP contribution in [0.1, 0.15) is 44.9 Å². The molecule has 4 heterocycles. The van der Waals surface area contributed by atoms with Gasteiger partial charge in [-0.3, -0.25) is 9.69 Å². The number of nitrogens with two attached hydrogens (primary N) is 1. The molecule has 1 saturated carbocycles. The van der Waals surface area contributed by atoms with Crippen molar-refractivity contribution in [2.24, 2.45) is 23.5 Å². The number of aromatic nitrogens is 2. The minimum atomic E-state index is -0.417. The van der Waals surface area contributed by atoms with Crippen LogP contribution in [0, 0.1) is 23.6 Å². The second-order valence-electron chi connectivity index (χ2n) is 9.62. The van der Waals surface area contributed by atoms with E-state index in [1.165, 1.54) is 25.2 Å². The number of ether oxygens (including phenoxy) is 1. The van der Waals surface area contributed by atoms with Crippen molar-refractivity contribution in [3.8, 4) is 0 Å². The highest BCUT2D eigenvalue weighted by Gasteiger charge is 2.51. The second kappa shape index (κ2) is 8.04. The van der Waals surface area contributed by atoms with Crippen molar-refractivity contribution >= 4 is 11.9 Å². The third kappa shape index (κ3) is 3.68. The fourth-order valence-corrected chi connectivity index (χ4v) is 6.47. The van der Waals surface area contributed by atoms with Crippen molar-refractivity contribution in [3.63, 3.8) is 0 Å². The molecule has 0 aromatic carbocycles. The third-order valence-corrected chi connectivity index (χ3v) is 7.92. The van der Waals surface area contributed by atoms with Crippen LogP contribution in [-0.4, -0.2) is 65.2 Å². The van der Waals surface area contributed by atoms with E-state index in [9.17, 15) is 9.18 Å². The number of fused-ring (bicyclic) bond motifs is 2. The Bertz CT molecular complexity index is 759. The molecule has 1 amide bonds. The smallest absolute Gasteiger partial charge is 0.235 e. The molecule has 1 aromatic heterocycles. The molecule has 5 rings (SSSR count). The van der Waals surface area contributed by atoms with E-state index < -0.39 is 5.82 Å². The highest BCUT2D eigenvalue weighted by Crippen LogP contribution is 2.48. The molecule has 2 N–H and O–H groups in total. The van der Waals surface area contributed by atoms with E-state index in [2.05, 4.69) is 19.8 Å². The van der Waals surface area contributed by atoms with E-state index in [0.29, 0.717) is 35.8 Å². The van der Waals surface area contributed by atoms with E-state index in [-0.39, 0.29) is 18.1 Å². The molecule has 1 aromatic rings. The van der Waals surface area contributed by atoms with Crippen LogP contribution in [0.2, 0.25) is 0 Å². The van der Waals surface area contributed by atoms with Crippen LogP contribution < -0.4 is 10.6 Å². The topological polar surface area (TPSA) is 84.6 Å². The molecule has 0 radical (unpaired) electrons. The second-order valence-corrected chi connectivity index (χ2v) is 9.62. The maximum Gasteiger partial charge on any atom is 0.235 e. The van der Waals surface area contributed by atoms with Crippen LogP contribution in [0.3, 0.4) is 0 Å². The first-order chi connectivity index (χ1) is 14.5. The SMILES string of the molecule is CO[C@@H]1CN(c2ncc(F)cn2)CC[C@@H]1C1CC2CCC(C1)N2C(C(N)=O)C1CC1. The molecule has 164 valence electrons. The van der Waals surface area contributed by atoms with Crippen LogP contribution in [0.15, 0.2) is 12.4 Å². The average molecular weight is 418 g/mol. The number of rotatable bonds is 6. The van der Waals surface area contributed by atoms with Crippen molar-refractivity contribution in [3.05, 3.63) is 18.2 Å². The minimum absolute atomic E-state index is 0.0563. The number of piperidine rings is 2. The van der Waals surface area contributed by atoms with E-state index in [0.717, 1.165) is 45.2 Å². The van der Waals surface area contributed by atoms with Gasteiger partial charge in [-0.2, -0.15) is 0 Å². The molecule has 30 heavy (non-hydrogen) atoms. The highest BCUT2D eigenvalue weighted by molar-refractivity contribution is 5.80. The zero-order valence-electron chi connectivity index (χ0n) is 17.6. The van der Waals surface area contributed by atoms with Crippen molar-refractivity contribution in [2.75, 3.05) is 25.1 Å². The van der Waals surface area contributed by atoms with Gasteiger partial charge in [0.1, 0.15) is 0 Å². The van der Waals surface area contributed by atoms with Crippen LogP contribution >= 0.6 is 0 Å². The van der Waals surface area contributed by atoms with Gasteiger partial charge in [0.15, 0.2) is 5.82 Å². The van der Waals surface area contributed by atoms with Gasteiger partial charge in [0, 0.05) is 32.3 Å². The number of hydrogen-bond donors (Lipinski definition) is 1. The first-order valence-electron chi connectivity index (χ1n) is 11.4. The van der Waals surface area contributed by atoms with Gasteiger partial charge in [0.25, 0.3) is 0 Å². The number of anilines is 1. The van der Waals surface area contributed by atoms with Crippen molar-refractivity contribution in [2.45, 2.75) is 69.2 Å². The first-order valence-corrected chi connectivity index (χ1v) is 11.4. The van der Waals surface area contributed by atoms with Gasteiger partial charge in [-0.1, -0.05) is 0 Å². The maximum absolute atomic E-state index is 13.2. The van der Waals surface area contributed by atoms with Crippen LogP contribution in [0.25, 0.3) is 0 Å². The molecule has 3 aliphatic heterocycles. The summed E-state index contributed by atoms with van der Waals surface area (Å²) in [5.74, 6) is 1.60. The monoisotopic (exact) mass is 417 g/mol. The Kier molecular flexibility index (Phi) is 5.39. The first kappa shape index (κ1) is 20.1. The molecular weight excluding hydrogens is 385 g/mol. The lowest BCUT2D eigenvalue weighted by Crippen LogP contribution is -2.57. The van der Waals surface area contributed by atoms with Crippen LogP contribution in [0.4, 0.5) is 10.3 Å². The molecule has 2 bridgehead atoms. The number of hydrogen-bond acceptors (Lipinski definition) is 6. The summed E-state index contributed by atoms with van der Waals surface area (Å²) in [5.41, 5.74) is 5.82.